The number of hydrogen-bond acceptors (Lipinski definition) is 3. The molecule has 0 spiro atoms. The number of nitrogens with zero attached hydrogens (tertiary/aromatic N) is 1. The minimum absolute atomic E-state index is 0.0252. The van der Waals surface area contributed by atoms with Gasteiger partial charge in [-0.25, -0.2) is 4.79 Å². The minimum atomic E-state index is -1.09. The number of carbonyl (C=O) groups is 2. The molecule has 0 aromatic heterocycles. The van der Waals surface area contributed by atoms with Crippen LogP contribution in [-0.2, 0) is 0 Å². The largest absolute Gasteiger partial charge is 0.478 e. The summed E-state index contributed by atoms with van der Waals surface area (Å²) < 4.78 is 0. The van der Waals surface area contributed by atoms with Crippen LogP contribution in [0.5, 0.6) is 0 Å². The highest BCUT2D eigenvalue weighted by Gasteiger charge is 2.15. The highest BCUT2D eigenvalue weighted by Crippen LogP contribution is 2.08. The lowest BCUT2D eigenvalue weighted by molar-refractivity contribution is 0.0691. The van der Waals surface area contributed by atoms with E-state index in [1.165, 1.54) is 12.1 Å². The molecule has 0 bridgehead atoms. The van der Waals surface area contributed by atoms with Gasteiger partial charge in [0.1, 0.15) is 0 Å². The second kappa shape index (κ2) is 6.89. The normalized spacial score (nSPS) is 10.8. The van der Waals surface area contributed by atoms with Crippen LogP contribution in [0.25, 0.3) is 0 Å². The van der Waals surface area contributed by atoms with E-state index >= 15 is 0 Å². The molecule has 0 aliphatic carbocycles. The van der Waals surface area contributed by atoms with Crippen molar-refractivity contribution in [3.63, 3.8) is 0 Å². The van der Waals surface area contributed by atoms with E-state index in [2.05, 4.69) is 24.1 Å². The van der Waals surface area contributed by atoms with Gasteiger partial charge in [0.25, 0.3) is 5.91 Å². The molecule has 0 radical (unpaired) electrons. The van der Waals surface area contributed by atoms with Crippen LogP contribution in [0.2, 0.25) is 0 Å². The second-order valence-corrected chi connectivity index (χ2v) is 4.68. The van der Waals surface area contributed by atoms with Crippen molar-refractivity contribution >= 4 is 11.9 Å². The highest BCUT2D eigenvalue weighted by molar-refractivity contribution is 6.04. The van der Waals surface area contributed by atoms with Crippen molar-refractivity contribution in [1.82, 2.24) is 10.2 Å². The number of likely N-dealkylation sites (N-methyl/N-ethyl adjacent to an activating group) is 1. The van der Waals surface area contributed by atoms with Gasteiger partial charge in [-0.15, -0.1) is 0 Å². The standard InChI is InChI=1S/C14H20N2O3/c1-10(2)16(3)9-8-15-13(17)11-6-4-5-7-12(11)14(18)19/h4-7,10H,8-9H2,1-3H3,(H,15,17)(H,18,19). The Morgan fingerprint density at radius 2 is 1.84 bits per heavy atom. The maximum atomic E-state index is 11.9. The Labute approximate surface area is 113 Å². The first kappa shape index (κ1) is 15.2. The van der Waals surface area contributed by atoms with Crippen molar-refractivity contribution < 1.29 is 14.7 Å². The van der Waals surface area contributed by atoms with Gasteiger partial charge in [0.2, 0.25) is 0 Å². The molecule has 1 rings (SSSR count). The van der Waals surface area contributed by atoms with Gasteiger partial charge in [-0.1, -0.05) is 12.1 Å². The average molecular weight is 264 g/mol. The molecule has 0 aliphatic rings. The summed E-state index contributed by atoms with van der Waals surface area (Å²) in [6.45, 7) is 5.35. The predicted molar refractivity (Wildman–Crippen MR) is 73.5 cm³/mol. The van der Waals surface area contributed by atoms with E-state index in [1.807, 2.05) is 7.05 Å². The van der Waals surface area contributed by atoms with E-state index in [0.717, 1.165) is 6.54 Å². The molecule has 104 valence electrons. The van der Waals surface area contributed by atoms with Crippen molar-refractivity contribution in [3.8, 4) is 0 Å². The molecule has 5 nitrogen and oxygen atoms in total. The third-order valence-corrected chi connectivity index (χ3v) is 3.03. The maximum absolute atomic E-state index is 11.9. The van der Waals surface area contributed by atoms with Crippen LogP contribution in [0.15, 0.2) is 24.3 Å². The van der Waals surface area contributed by atoms with Crippen molar-refractivity contribution in [2.45, 2.75) is 19.9 Å². The number of hydrogen-bond donors (Lipinski definition) is 2. The van der Waals surface area contributed by atoms with Crippen molar-refractivity contribution in [3.05, 3.63) is 35.4 Å². The Hall–Kier alpha value is -1.88. The Morgan fingerprint density at radius 1 is 1.26 bits per heavy atom. The minimum Gasteiger partial charge on any atom is -0.478 e. The summed E-state index contributed by atoms with van der Waals surface area (Å²) in [4.78, 5) is 25.0. The molecule has 0 saturated heterocycles. The van der Waals surface area contributed by atoms with Gasteiger partial charge in [-0.05, 0) is 33.0 Å². The summed E-state index contributed by atoms with van der Waals surface area (Å²) in [6.07, 6.45) is 0. The summed E-state index contributed by atoms with van der Waals surface area (Å²) in [5, 5.41) is 11.7. The smallest absolute Gasteiger partial charge is 0.336 e. The van der Waals surface area contributed by atoms with Crippen LogP contribution in [0.1, 0.15) is 34.6 Å². The van der Waals surface area contributed by atoms with Gasteiger partial charge >= 0.3 is 5.97 Å². The fourth-order valence-electron chi connectivity index (χ4n) is 1.57. The molecule has 5 heteroatoms. The molecule has 0 heterocycles. The third-order valence-electron chi connectivity index (χ3n) is 3.03. The Balaban J connectivity index is 2.62. The fourth-order valence-corrected chi connectivity index (χ4v) is 1.57. The first-order valence-corrected chi connectivity index (χ1v) is 6.24. The number of carboxylic acids is 1. The van der Waals surface area contributed by atoms with E-state index in [9.17, 15) is 9.59 Å². The summed E-state index contributed by atoms with van der Waals surface area (Å²) in [5.41, 5.74) is 0.222. The molecule has 2 N–H and O–H groups in total. The zero-order valence-electron chi connectivity index (χ0n) is 11.5. The van der Waals surface area contributed by atoms with Gasteiger partial charge in [0, 0.05) is 19.1 Å². The number of carbonyl (C=O) groups excluding carboxylic acids is 1. The van der Waals surface area contributed by atoms with Gasteiger partial charge < -0.3 is 15.3 Å². The van der Waals surface area contributed by atoms with Crippen LogP contribution in [0.3, 0.4) is 0 Å². The molecular formula is C14H20N2O3. The maximum Gasteiger partial charge on any atom is 0.336 e. The zero-order chi connectivity index (χ0) is 14.4. The first-order valence-electron chi connectivity index (χ1n) is 6.24. The van der Waals surface area contributed by atoms with Crippen LogP contribution >= 0.6 is 0 Å². The molecule has 0 atom stereocenters. The number of benzene rings is 1. The Bertz CT molecular complexity index is 458. The summed E-state index contributed by atoms with van der Waals surface area (Å²) in [5.74, 6) is -1.44. The molecule has 1 aromatic carbocycles. The van der Waals surface area contributed by atoms with Crippen LogP contribution in [0.4, 0.5) is 0 Å². The van der Waals surface area contributed by atoms with E-state index in [4.69, 9.17) is 5.11 Å². The molecule has 0 fully saturated rings. The number of aromatic carboxylic acids is 1. The van der Waals surface area contributed by atoms with Gasteiger partial charge in [0.05, 0.1) is 11.1 Å². The fraction of sp³-hybridized carbons (Fsp3) is 0.429. The zero-order valence-corrected chi connectivity index (χ0v) is 11.5. The van der Waals surface area contributed by atoms with Crippen molar-refractivity contribution in [2.24, 2.45) is 0 Å². The lowest BCUT2D eigenvalue weighted by Crippen LogP contribution is -2.36. The Kier molecular flexibility index (Phi) is 5.51. The van der Waals surface area contributed by atoms with Gasteiger partial charge in [-0.3, -0.25) is 4.79 Å². The van der Waals surface area contributed by atoms with Crippen LogP contribution < -0.4 is 5.32 Å². The third kappa shape index (κ3) is 4.37. The molecule has 1 aromatic rings. The SMILES string of the molecule is CC(C)N(C)CCNC(=O)c1ccccc1C(=O)O. The number of carboxylic acid groups (broad SMARTS) is 1. The van der Waals surface area contributed by atoms with E-state index in [-0.39, 0.29) is 17.0 Å². The van der Waals surface area contributed by atoms with Crippen molar-refractivity contribution in [1.29, 1.82) is 0 Å². The van der Waals surface area contributed by atoms with E-state index in [0.29, 0.717) is 12.6 Å². The number of amides is 1. The Morgan fingerprint density at radius 3 is 2.37 bits per heavy atom. The molecule has 19 heavy (non-hydrogen) atoms. The summed E-state index contributed by atoms with van der Waals surface area (Å²) in [6, 6.07) is 6.61. The van der Waals surface area contributed by atoms with Crippen LogP contribution in [0, 0.1) is 0 Å². The molecular weight excluding hydrogens is 244 g/mol. The lowest BCUT2D eigenvalue weighted by Gasteiger charge is -2.20. The quantitative estimate of drug-likeness (QED) is 0.816. The summed E-state index contributed by atoms with van der Waals surface area (Å²) in [7, 11) is 1.97. The lowest BCUT2D eigenvalue weighted by atomic mass is 10.1. The van der Waals surface area contributed by atoms with E-state index in [1.54, 1.807) is 12.1 Å². The molecule has 0 unspecified atom stereocenters. The van der Waals surface area contributed by atoms with Gasteiger partial charge in [0.15, 0.2) is 0 Å². The summed E-state index contributed by atoms with van der Waals surface area (Å²) >= 11 is 0. The molecule has 1 amide bonds. The monoisotopic (exact) mass is 264 g/mol. The number of rotatable bonds is 6. The topological polar surface area (TPSA) is 69.6 Å². The van der Waals surface area contributed by atoms with E-state index < -0.39 is 5.97 Å². The molecule has 0 aliphatic heterocycles. The molecule has 0 saturated carbocycles. The average Bonchev–Trinajstić information content (AvgIpc) is 2.38. The van der Waals surface area contributed by atoms with Gasteiger partial charge in [-0.2, -0.15) is 0 Å². The van der Waals surface area contributed by atoms with Crippen molar-refractivity contribution in [2.75, 3.05) is 20.1 Å². The van der Waals surface area contributed by atoms with Crippen LogP contribution in [-0.4, -0.2) is 48.1 Å². The number of nitrogens with one attached hydrogen (secondary N) is 1. The second-order valence-electron chi connectivity index (χ2n) is 4.68. The highest BCUT2D eigenvalue weighted by atomic mass is 16.4. The first-order chi connectivity index (χ1) is 8.93. The predicted octanol–water partition coefficient (Wildman–Crippen LogP) is 1.45.